The molecule has 0 aliphatic carbocycles. The van der Waals surface area contributed by atoms with E-state index in [0.717, 1.165) is 30.8 Å². The van der Waals surface area contributed by atoms with E-state index in [1.54, 1.807) is 11.4 Å². The molecule has 2 N–H and O–H groups in total. The molecule has 18 heavy (non-hydrogen) atoms. The van der Waals surface area contributed by atoms with E-state index >= 15 is 0 Å². The van der Waals surface area contributed by atoms with Gasteiger partial charge >= 0.3 is 5.97 Å². The summed E-state index contributed by atoms with van der Waals surface area (Å²) in [4.78, 5) is 11.8. The molecule has 0 unspecified atom stereocenters. The van der Waals surface area contributed by atoms with Crippen molar-refractivity contribution < 1.29 is 9.90 Å². The van der Waals surface area contributed by atoms with Crippen LogP contribution in [0.3, 0.4) is 0 Å². The van der Waals surface area contributed by atoms with Gasteiger partial charge in [-0.2, -0.15) is 11.8 Å². The van der Waals surface area contributed by atoms with E-state index in [2.05, 4.69) is 25.4 Å². The van der Waals surface area contributed by atoms with Gasteiger partial charge in [0.15, 0.2) is 0 Å². The summed E-state index contributed by atoms with van der Waals surface area (Å²) in [5.74, 6) is -0.849. The molecule has 3 nitrogen and oxygen atoms in total. The molecule has 0 amide bonds. The average Bonchev–Trinajstić information content (AvgIpc) is 2.84. The summed E-state index contributed by atoms with van der Waals surface area (Å²) in [5, 5.41) is 14.0. The standard InChI is InChI=1S/C13H21NO2S2/c1-4-13(5-2,17-3)9-14-7-11-6-10(8-18-11)12(15)16/h6,8,14H,4-5,7,9H2,1-3H3,(H,15,16). The molecule has 1 aromatic rings. The van der Waals surface area contributed by atoms with Crippen molar-refractivity contribution in [3.8, 4) is 0 Å². The molecule has 0 aliphatic heterocycles. The number of hydrogen-bond donors (Lipinski definition) is 2. The van der Waals surface area contributed by atoms with Crippen molar-refractivity contribution in [1.82, 2.24) is 5.32 Å². The lowest BCUT2D eigenvalue weighted by Crippen LogP contribution is -2.36. The largest absolute Gasteiger partial charge is 0.478 e. The Morgan fingerprint density at radius 1 is 1.50 bits per heavy atom. The highest BCUT2D eigenvalue weighted by Crippen LogP contribution is 2.29. The Labute approximate surface area is 117 Å². The molecule has 0 radical (unpaired) electrons. The first kappa shape index (κ1) is 15.5. The van der Waals surface area contributed by atoms with E-state index in [1.165, 1.54) is 11.3 Å². The summed E-state index contributed by atoms with van der Waals surface area (Å²) in [7, 11) is 0. The van der Waals surface area contributed by atoms with Gasteiger partial charge in [-0.15, -0.1) is 11.3 Å². The maximum absolute atomic E-state index is 10.8. The minimum absolute atomic E-state index is 0.298. The van der Waals surface area contributed by atoms with Crippen molar-refractivity contribution in [2.24, 2.45) is 0 Å². The van der Waals surface area contributed by atoms with Gasteiger partial charge in [-0.3, -0.25) is 0 Å². The highest BCUT2D eigenvalue weighted by Gasteiger charge is 2.24. The lowest BCUT2D eigenvalue weighted by molar-refractivity contribution is 0.0697. The fraction of sp³-hybridized carbons (Fsp3) is 0.615. The maximum Gasteiger partial charge on any atom is 0.336 e. The van der Waals surface area contributed by atoms with E-state index < -0.39 is 5.97 Å². The lowest BCUT2D eigenvalue weighted by atomic mass is 10.0. The van der Waals surface area contributed by atoms with Crippen molar-refractivity contribution in [2.75, 3.05) is 12.8 Å². The smallest absolute Gasteiger partial charge is 0.336 e. The second-order valence-corrected chi connectivity index (χ2v) is 6.57. The number of nitrogens with one attached hydrogen (secondary N) is 1. The summed E-state index contributed by atoms with van der Waals surface area (Å²) < 4.78 is 0.298. The van der Waals surface area contributed by atoms with Crippen molar-refractivity contribution in [3.63, 3.8) is 0 Å². The fourth-order valence-electron chi connectivity index (χ4n) is 1.86. The molecule has 0 atom stereocenters. The van der Waals surface area contributed by atoms with Crippen LogP contribution in [0.15, 0.2) is 11.4 Å². The monoisotopic (exact) mass is 287 g/mol. The van der Waals surface area contributed by atoms with E-state index in [4.69, 9.17) is 5.11 Å². The fourth-order valence-corrected chi connectivity index (χ4v) is 3.51. The third kappa shape index (κ3) is 4.00. The van der Waals surface area contributed by atoms with Gasteiger partial charge < -0.3 is 10.4 Å². The molecule has 0 fully saturated rings. The maximum atomic E-state index is 10.8. The Balaban J connectivity index is 2.47. The zero-order valence-corrected chi connectivity index (χ0v) is 12.8. The van der Waals surface area contributed by atoms with Crippen molar-refractivity contribution in [1.29, 1.82) is 0 Å². The van der Waals surface area contributed by atoms with Gasteiger partial charge in [0.05, 0.1) is 5.56 Å². The lowest BCUT2D eigenvalue weighted by Gasteiger charge is -2.29. The zero-order chi connectivity index (χ0) is 13.6. The molecule has 0 saturated carbocycles. The molecule has 0 saturated heterocycles. The highest BCUT2D eigenvalue weighted by molar-refractivity contribution is 8.00. The van der Waals surface area contributed by atoms with Gasteiger partial charge in [-0.25, -0.2) is 4.79 Å². The normalized spacial score (nSPS) is 11.7. The van der Waals surface area contributed by atoms with Crippen LogP contribution in [-0.4, -0.2) is 28.6 Å². The molecule has 1 heterocycles. The van der Waals surface area contributed by atoms with Crippen LogP contribution in [0.5, 0.6) is 0 Å². The van der Waals surface area contributed by atoms with Crippen molar-refractivity contribution >= 4 is 29.1 Å². The molecule has 0 bridgehead atoms. The molecule has 5 heteroatoms. The quantitative estimate of drug-likeness (QED) is 0.769. The van der Waals surface area contributed by atoms with Gasteiger partial charge in [-0.1, -0.05) is 13.8 Å². The molecular weight excluding hydrogens is 266 g/mol. The van der Waals surface area contributed by atoms with Crippen LogP contribution in [0.2, 0.25) is 0 Å². The molecule has 1 rings (SSSR count). The number of carboxylic acid groups (broad SMARTS) is 1. The molecule has 102 valence electrons. The zero-order valence-electron chi connectivity index (χ0n) is 11.2. The van der Waals surface area contributed by atoms with Gasteiger partial charge in [0.2, 0.25) is 0 Å². The van der Waals surface area contributed by atoms with Crippen LogP contribution < -0.4 is 5.32 Å². The first-order chi connectivity index (χ1) is 8.56. The van der Waals surface area contributed by atoms with E-state index in [9.17, 15) is 4.79 Å². The van der Waals surface area contributed by atoms with Gasteiger partial charge in [0.25, 0.3) is 0 Å². The summed E-state index contributed by atoms with van der Waals surface area (Å²) in [6, 6.07) is 1.75. The Morgan fingerprint density at radius 3 is 2.61 bits per heavy atom. The Kier molecular flexibility index (Phi) is 6.18. The highest BCUT2D eigenvalue weighted by atomic mass is 32.2. The first-order valence-corrected chi connectivity index (χ1v) is 8.24. The summed E-state index contributed by atoms with van der Waals surface area (Å²) >= 11 is 3.41. The van der Waals surface area contributed by atoms with Crippen LogP contribution in [0.1, 0.15) is 41.9 Å². The predicted octanol–water partition coefficient (Wildman–Crippen LogP) is 3.46. The molecule has 0 aromatic carbocycles. The number of thiophene rings is 1. The third-order valence-electron chi connectivity index (χ3n) is 3.37. The molecule has 1 aromatic heterocycles. The van der Waals surface area contributed by atoms with Crippen molar-refractivity contribution in [3.05, 3.63) is 21.9 Å². The van der Waals surface area contributed by atoms with Crippen LogP contribution >= 0.6 is 23.1 Å². The van der Waals surface area contributed by atoms with Gasteiger partial charge in [-0.05, 0) is 25.2 Å². The van der Waals surface area contributed by atoms with E-state index in [-0.39, 0.29) is 0 Å². The number of thioether (sulfide) groups is 1. The third-order valence-corrected chi connectivity index (χ3v) is 5.89. The predicted molar refractivity (Wildman–Crippen MR) is 79.8 cm³/mol. The Hall–Kier alpha value is -0.520. The average molecular weight is 287 g/mol. The van der Waals surface area contributed by atoms with Gasteiger partial charge in [0, 0.05) is 28.1 Å². The van der Waals surface area contributed by atoms with Crippen LogP contribution in [0.25, 0.3) is 0 Å². The number of aromatic carboxylic acids is 1. The minimum atomic E-state index is -0.849. The van der Waals surface area contributed by atoms with E-state index in [1.807, 2.05) is 11.8 Å². The SMILES string of the molecule is CCC(CC)(CNCc1cc(C(=O)O)cs1)SC. The Morgan fingerprint density at radius 2 is 2.17 bits per heavy atom. The first-order valence-electron chi connectivity index (χ1n) is 6.13. The van der Waals surface area contributed by atoms with Crippen molar-refractivity contribution in [2.45, 2.75) is 38.0 Å². The van der Waals surface area contributed by atoms with Gasteiger partial charge in [0.1, 0.15) is 0 Å². The second kappa shape index (κ2) is 7.16. The summed E-state index contributed by atoms with van der Waals surface area (Å²) in [6.07, 6.45) is 4.44. The second-order valence-electron chi connectivity index (χ2n) is 4.30. The summed E-state index contributed by atoms with van der Waals surface area (Å²) in [5.41, 5.74) is 0.388. The van der Waals surface area contributed by atoms with Crippen LogP contribution in [0.4, 0.5) is 0 Å². The minimum Gasteiger partial charge on any atom is -0.478 e. The number of hydrogen-bond acceptors (Lipinski definition) is 4. The molecule has 0 spiro atoms. The van der Waals surface area contributed by atoms with E-state index in [0.29, 0.717) is 10.3 Å². The Bertz CT molecular complexity index is 378. The van der Waals surface area contributed by atoms with Crippen LogP contribution in [0, 0.1) is 0 Å². The number of carboxylic acids is 1. The van der Waals surface area contributed by atoms with Crippen LogP contribution in [-0.2, 0) is 6.54 Å². The molecule has 0 aliphatic rings. The topological polar surface area (TPSA) is 49.3 Å². The molecular formula is C13H21NO2S2. The summed E-state index contributed by atoms with van der Waals surface area (Å²) in [6.45, 7) is 6.15. The number of carbonyl (C=O) groups is 1. The number of rotatable bonds is 8.